The number of allylic oxidation sites excluding steroid dienone is 3. The summed E-state index contributed by atoms with van der Waals surface area (Å²) in [5, 5.41) is 21.0. The van der Waals surface area contributed by atoms with E-state index in [4.69, 9.17) is 14.2 Å². The van der Waals surface area contributed by atoms with Crippen LogP contribution in [-0.2, 0) is 14.3 Å². The third kappa shape index (κ3) is 3.78. The fourth-order valence-corrected chi connectivity index (χ4v) is 3.52. The highest BCUT2D eigenvalue weighted by molar-refractivity contribution is 6.05. The van der Waals surface area contributed by atoms with Gasteiger partial charge in [0.25, 0.3) is 0 Å². The summed E-state index contributed by atoms with van der Waals surface area (Å²) in [5.74, 6) is -0.670. The van der Waals surface area contributed by atoms with E-state index in [1.807, 2.05) is 13.0 Å². The Kier molecular flexibility index (Phi) is 5.53. The topological polar surface area (TPSA) is 102 Å². The molecule has 0 spiro atoms. The number of phenolic OH excluding ortho intramolecular Hbond substituents is 1. The second-order valence-corrected chi connectivity index (χ2v) is 7.25. The minimum atomic E-state index is -1.90. The van der Waals surface area contributed by atoms with Gasteiger partial charge in [0, 0.05) is 18.1 Å². The van der Waals surface area contributed by atoms with Gasteiger partial charge in [-0.25, -0.2) is 4.79 Å². The summed E-state index contributed by atoms with van der Waals surface area (Å²) >= 11 is 0. The molecular formula is C22H24O7. The van der Waals surface area contributed by atoms with Crippen molar-refractivity contribution in [2.75, 3.05) is 13.7 Å². The quantitative estimate of drug-likeness (QED) is 0.749. The van der Waals surface area contributed by atoms with Crippen LogP contribution in [0.2, 0.25) is 0 Å². The van der Waals surface area contributed by atoms with Gasteiger partial charge < -0.3 is 24.4 Å². The maximum Gasteiger partial charge on any atom is 0.342 e. The monoisotopic (exact) mass is 400 g/mol. The SMILES string of the molecule is CC=CC1=CC2=C(CO1)C(=O)C(C)(O)C(OC(=O)c1c(C)cc(OC)cc1O)C2. The predicted octanol–water partition coefficient (Wildman–Crippen LogP) is 2.75. The van der Waals surface area contributed by atoms with Gasteiger partial charge in [0.15, 0.2) is 11.4 Å². The molecule has 7 heteroatoms. The van der Waals surface area contributed by atoms with E-state index < -0.39 is 23.5 Å². The van der Waals surface area contributed by atoms with Gasteiger partial charge in [-0.2, -0.15) is 0 Å². The molecule has 0 fully saturated rings. The van der Waals surface area contributed by atoms with Crippen molar-refractivity contribution < 1.29 is 34.0 Å². The molecule has 29 heavy (non-hydrogen) atoms. The molecular weight excluding hydrogens is 376 g/mol. The number of hydrogen-bond donors (Lipinski definition) is 2. The third-order valence-electron chi connectivity index (χ3n) is 5.16. The Hall–Kier alpha value is -3.06. The number of ketones is 1. The van der Waals surface area contributed by atoms with Crippen LogP contribution in [0.1, 0.15) is 36.2 Å². The lowest BCUT2D eigenvalue weighted by Crippen LogP contribution is -2.53. The Morgan fingerprint density at radius 3 is 2.72 bits per heavy atom. The lowest BCUT2D eigenvalue weighted by Gasteiger charge is -2.38. The van der Waals surface area contributed by atoms with Gasteiger partial charge in [0.1, 0.15) is 35.5 Å². The molecule has 2 unspecified atom stereocenters. The number of ether oxygens (including phenoxy) is 3. The second-order valence-electron chi connectivity index (χ2n) is 7.25. The van der Waals surface area contributed by atoms with Gasteiger partial charge in [-0.05, 0) is 50.1 Å². The highest BCUT2D eigenvalue weighted by Crippen LogP contribution is 2.37. The first-order chi connectivity index (χ1) is 13.7. The van der Waals surface area contributed by atoms with Crippen LogP contribution < -0.4 is 4.74 Å². The maximum absolute atomic E-state index is 12.8. The number of carbonyl (C=O) groups is 2. The van der Waals surface area contributed by atoms with Gasteiger partial charge in [0.2, 0.25) is 0 Å². The number of Topliss-reactive ketones (excluding diaryl/α,β-unsaturated/α-hetero) is 1. The number of hydrogen-bond acceptors (Lipinski definition) is 7. The van der Waals surface area contributed by atoms with Crippen molar-refractivity contribution in [1.29, 1.82) is 0 Å². The molecule has 7 nitrogen and oxygen atoms in total. The number of carbonyl (C=O) groups excluding carboxylic acids is 2. The van der Waals surface area contributed by atoms with Crippen molar-refractivity contribution in [2.45, 2.75) is 38.9 Å². The molecule has 3 rings (SSSR count). The minimum Gasteiger partial charge on any atom is -0.507 e. The van der Waals surface area contributed by atoms with Crippen LogP contribution in [0.3, 0.4) is 0 Å². The normalized spacial score (nSPS) is 24.1. The number of aromatic hydroxyl groups is 1. The average molecular weight is 400 g/mol. The molecule has 0 amide bonds. The van der Waals surface area contributed by atoms with Crippen molar-refractivity contribution in [3.63, 3.8) is 0 Å². The van der Waals surface area contributed by atoms with E-state index in [9.17, 15) is 19.8 Å². The highest BCUT2D eigenvalue weighted by atomic mass is 16.6. The fourth-order valence-electron chi connectivity index (χ4n) is 3.52. The summed E-state index contributed by atoms with van der Waals surface area (Å²) in [7, 11) is 1.45. The molecule has 1 aromatic carbocycles. The number of benzene rings is 1. The Morgan fingerprint density at radius 1 is 1.38 bits per heavy atom. The predicted molar refractivity (Wildman–Crippen MR) is 105 cm³/mol. The zero-order valence-corrected chi connectivity index (χ0v) is 16.8. The van der Waals surface area contributed by atoms with Crippen molar-refractivity contribution in [1.82, 2.24) is 0 Å². The molecule has 154 valence electrons. The molecule has 1 aliphatic heterocycles. The summed E-state index contributed by atoms with van der Waals surface area (Å²) in [6, 6.07) is 2.89. The third-order valence-corrected chi connectivity index (χ3v) is 5.16. The standard InChI is InChI=1S/C22H24O7/c1-5-6-14-8-13-9-18(22(3,26)20(24)16(13)11-28-14)29-21(25)19-12(2)7-15(27-4)10-17(19)23/h5-8,10,18,23,26H,9,11H2,1-4H3. The van der Waals surface area contributed by atoms with Crippen LogP contribution in [0.15, 0.2) is 47.3 Å². The van der Waals surface area contributed by atoms with Crippen molar-refractivity contribution in [3.8, 4) is 11.5 Å². The van der Waals surface area contributed by atoms with E-state index in [1.165, 1.54) is 20.1 Å². The maximum atomic E-state index is 12.8. The van der Waals surface area contributed by atoms with E-state index in [-0.39, 0.29) is 24.3 Å². The van der Waals surface area contributed by atoms with Crippen LogP contribution in [-0.4, -0.2) is 47.4 Å². The Balaban J connectivity index is 1.91. The first-order valence-corrected chi connectivity index (χ1v) is 9.24. The Bertz CT molecular complexity index is 927. The van der Waals surface area contributed by atoms with Gasteiger partial charge in [-0.15, -0.1) is 0 Å². The number of methoxy groups -OCH3 is 1. The number of phenols is 1. The van der Waals surface area contributed by atoms with Crippen molar-refractivity contribution >= 4 is 11.8 Å². The molecule has 1 aliphatic carbocycles. The van der Waals surface area contributed by atoms with E-state index >= 15 is 0 Å². The number of rotatable bonds is 4. The fraction of sp³-hybridized carbons (Fsp3) is 0.364. The summed E-state index contributed by atoms with van der Waals surface area (Å²) < 4.78 is 16.1. The lowest BCUT2D eigenvalue weighted by molar-refractivity contribution is -0.146. The van der Waals surface area contributed by atoms with E-state index in [0.29, 0.717) is 28.2 Å². The average Bonchev–Trinajstić information content (AvgIpc) is 2.65. The largest absolute Gasteiger partial charge is 0.507 e. The molecule has 0 saturated carbocycles. The van der Waals surface area contributed by atoms with E-state index in [1.54, 1.807) is 25.1 Å². The molecule has 0 saturated heterocycles. The first kappa shape index (κ1) is 20.7. The van der Waals surface area contributed by atoms with Gasteiger partial charge in [-0.1, -0.05) is 6.08 Å². The first-order valence-electron chi connectivity index (χ1n) is 9.24. The summed E-state index contributed by atoms with van der Waals surface area (Å²) in [6.45, 7) is 4.86. The van der Waals surface area contributed by atoms with Gasteiger partial charge in [0.05, 0.1) is 7.11 Å². The van der Waals surface area contributed by atoms with Crippen molar-refractivity contribution in [3.05, 3.63) is 58.4 Å². The molecule has 2 N–H and O–H groups in total. The number of aliphatic hydroxyl groups is 1. The molecule has 1 heterocycles. The van der Waals surface area contributed by atoms with Crippen LogP contribution >= 0.6 is 0 Å². The molecule has 1 aromatic rings. The van der Waals surface area contributed by atoms with E-state index in [0.717, 1.165) is 0 Å². The molecule has 0 bridgehead atoms. The molecule has 0 aromatic heterocycles. The summed E-state index contributed by atoms with van der Waals surface area (Å²) in [4.78, 5) is 25.6. The molecule has 2 atom stereocenters. The second kappa shape index (κ2) is 7.75. The van der Waals surface area contributed by atoms with Gasteiger partial charge >= 0.3 is 5.97 Å². The zero-order chi connectivity index (χ0) is 21.3. The van der Waals surface area contributed by atoms with E-state index in [2.05, 4.69) is 0 Å². The minimum absolute atomic E-state index is 0.0362. The van der Waals surface area contributed by atoms with Crippen LogP contribution in [0.25, 0.3) is 0 Å². The molecule has 0 radical (unpaired) electrons. The van der Waals surface area contributed by atoms with Crippen molar-refractivity contribution in [2.24, 2.45) is 0 Å². The van der Waals surface area contributed by atoms with Crippen LogP contribution in [0, 0.1) is 6.92 Å². The molecule has 2 aliphatic rings. The Morgan fingerprint density at radius 2 is 2.10 bits per heavy atom. The van der Waals surface area contributed by atoms with Gasteiger partial charge in [-0.3, -0.25) is 4.79 Å². The number of aryl methyl sites for hydroxylation is 1. The summed E-state index contributed by atoms with van der Waals surface area (Å²) in [5.41, 5.74) is -0.450. The lowest BCUT2D eigenvalue weighted by atomic mass is 9.77. The number of esters is 1. The summed E-state index contributed by atoms with van der Waals surface area (Å²) in [6.07, 6.45) is 4.33. The zero-order valence-electron chi connectivity index (χ0n) is 16.8. The van der Waals surface area contributed by atoms with Crippen LogP contribution in [0.5, 0.6) is 11.5 Å². The Labute approximate surface area is 168 Å². The highest BCUT2D eigenvalue weighted by Gasteiger charge is 2.48. The smallest absolute Gasteiger partial charge is 0.342 e. The van der Waals surface area contributed by atoms with Crippen LogP contribution in [0.4, 0.5) is 0 Å².